The highest BCUT2D eigenvalue weighted by atomic mass is 32.2. The van der Waals surface area contributed by atoms with E-state index in [9.17, 15) is 13.2 Å². The van der Waals surface area contributed by atoms with Gasteiger partial charge in [-0.1, -0.05) is 44.2 Å². The second kappa shape index (κ2) is 7.95. The molecule has 0 saturated carbocycles. The molecule has 0 aliphatic heterocycles. The van der Waals surface area contributed by atoms with Gasteiger partial charge in [0.25, 0.3) is 14.4 Å². The quantitative estimate of drug-likeness (QED) is 0.560. The smallest absolute Gasteiger partial charge is 0.291 e. The van der Waals surface area contributed by atoms with Gasteiger partial charge in [0.05, 0.1) is 5.69 Å². The van der Waals surface area contributed by atoms with Gasteiger partial charge in [-0.2, -0.15) is 8.42 Å². The number of aromatic nitrogens is 2. The monoisotopic (exact) mass is 386 g/mol. The molecule has 0 atom stereocenters. The Morgan fingerprint density at radius 2 is 2.00 bits per heavy atom. The SMILES string of the molecule is CCSc1ccccc1NS(=O)(=O)c1nnc(NC(=O)C(C)C)s1. The number of rotatable bonds is 7. The fourth-order valence-electron chi connectivity index (χ4n) is 1.64. The molecule has 0 fully saturated rings. The third-order valence-corrected chi connectivity index (χ3v) is 6.35. The number of carbonyl (C=O) groups is 1. The van der Waals surface area contributed by atoms with Crippen LogP contribution < -0.4 is 10.0 Å². The minimum Gasteiger partial charge on any atom is -0.300 e. The number of thioether (sulfide) groups is 1. The molecule has 7 nitrogen and oxygen atoms in total. The Hall–Kier alpha value is -1.65. The normalized spacial score (nSPS) is 11.5. The summed E-state index contributed by atoms with van der Waals surface area (Å²) in [6, 6.07) is 7.14. The number of para-hydroxylation sites is 1. The molecule has 2 rings (SSSR count). The van der Waals surface area contributed by atoms with E-state index in [0.717, 1.165) is 22.0 Å². The highest BCUT2D eigenvalue weighted by molar-refractivity contribution is 7.99. The number of anilines is 2. The maximum atomic E-state index is 12.5. The van der Waals surface area contributed by atoms with Crippen molar-refractivity contribution in [1.29, 1.82) is 0 Å². The van der Waals surface area contributed by atoms with Crippen molar-refractivity contribution in [2.45, 2.75) is 30.0 Å². The Bertz CT molecular complexity index is 818. The molecule has 0 unspecified atom stereocenters. The number of hydrogen-bond donors (Lipinski definition) is 2. The van der Waals surface area contributed by atoms with Crippen LogP contribution >= 0.6 is 23.1 Å². The molecule has 0 saturated heterocycles. The lowest BCUT2D eigenvalue weighted by molar-refractivity contribution is -0.118. The largest absolute Gasteiger partial charge is 0.300 e. The number of nitrogens with one attached hydrogen (secondary N) is 2. The van der Waals surface area contributed by atoms with E-state index >= 15 is 0 Å². The van der Waals surface area contributed by atoms with Crippen molar-refractivity contribution in [3.8, 4) is 0 Å². The summed E-state index contributed by atoms with van der Waals surface area (Å²) in [6.07, 6.45) is 0. The number of nitrogens with zero attached hydrogens (tertiary/aromatic N) is 2. The molecule has 1 heterocycles. The van der Waals surface area contributed by atoms with Gasteiger partial charge in [-0.15, -0.1) is 22.0 Å². The molecule has 1 amide bonds. The molecule has 10 heteroatoms. The predicted octanol–water partition coefficient (Wildman–Crippen LogP) is 3.05. The van der Waals surface area contributed by atoms with Gasteiger partial charge >= 0.3 is 0 Å². The minimum absolute atomic E-state index is 0.158. The Labute approximate surface area is 149 Å². The zero-order chi connectivity index (χ0) is 17.7. The predicted molar refractivity (Wildman–Crippen MR) is 97.0 cm³/mol. The van der Waals surface area contributed by atoms with E-state index < -0.39 is 10.0 Å². The van der Waals surface area contributed by atoms with Crippen LogP contribution in [0.3, 0.4) is 0 Å². The maximum Gasteiger partial charge on any atom is 0.291 e. The summed E-state index contributed by atoms with van der Waals surface area (Å²) in [5, 5.41) is 10.1. The van der Waals surface area contributed by atoms with Crippen LogP contribution in [0.25, 0.3) is 0 Å². The Balaban J connectivity index is 2.20. The lowest BCUT2D eigenvalue weighted by atomic mass is 10.2. The molecule has 130 valence electrons. The van der Waals surface area contributed by atoms with Gasteiger partial charge < -0.3 is 5.32 Å². The molecule has 0 aliphatic carbocycles. The van der Waals surface area contributed by atoms with Crippen LogP contribution in [0.5, 0.6) is 0 Å². The Kier molecular flexibility index (Phi) is 6.19. The van der Waals surface area contributed by atoms with Crippen LogP contribution in [0.1, 0.15) is 20.8 Å². The summed E-state index contributed by atoms with van der Waals surface area (Å²) in [5.41, 5.74) is 0.493. The first-order chi connectivity index (χ1) is 11.3. The van der Waals surface area contributed by atoms with E-state index in [1.807, 2.05) is 19.1 Å². The van der Waals surface area contributed by atoms with Gasteiger partial charge in [-0.25, -0.2) is 0 Å². The summed E-state index contributed by atoms with van der Waals surface area (Å²) >= 11 is 2.35. The van der Waals surface area contributed by atoms with Crippen molar-refractivity contribution in [2.24, 2.45) is 5.92 Å². The van der Waals surface area contributed by atoms with Crippen molar-refractivity contribution in [3.05, 3.63) is 24.3 Å². The standard InChI is InChI=1S/C14H18N4O3S3/c1-4-22-11-8-6-5-7-10(11)18-24(20,21)14-17-16-13(23-14)15-12(19)9(2)3/h5-9,18H,4H2,1-3H3,(H,15,16,19). The molecule has 0 aliphatic rings. The average Bonchev–Trinajstić information content (AvgIpc) is 2.98. The topological polar surface area (TPSA) is 101 Å². The zero-order valence-corrected chi connectivity index (χ0v) is 15.9. The fourth-order valence-corrected chi connectivity index (χ4v) is 4.45. The summed E-state index contributed by atoms with van der Waals surface area (Å²) < 4.78 is 27.3. The van der Waals surface area contributed by atoms with Gasteiger partial charge in [0.15, 0.2) is 0 Å². The molecule has 0 bridgehead atoms. The van der Waals surface area contributed by atoms with Crippen LogP contribution in [0.15, 0.2) is 33.5 Å². The molecular formula is C14H18N4O3S3. The second-order valence-electron chi connectivity index (χ2n) is 5.05. The van der Waals surface area contributed by atoms with Crippen molar-refractivity contribution in [1.82, 2.24) is 10.2 Å². The number of amides is 1. The second-order valence-corrected chi connectivity index (χ2v) is 9.19. The maximum absolute atomic E-state index is 12.5. The van der Waals surface area contributed by atoms with Crippen molar-refractivity contribution < 1.29 is 13.2 Å². The van der Waals surface area contributed by atoms with Gasteiger partial charge in [-0.3, -0.25) is 9.52 Å². The van der Waals surface area contributed by atoms with E-state index in [4.69, 9.17) is 0 Å². The number of sulfonamides is 1. The molecule has 1 aromatic carbocycles. The van der Waals surface area contributed by atoms with Gasteiger partial charge in [0, 0.05) is 10.8 Å². The summed E-state index contributed by atoms with van der Waals surface area (Å²) in [6.45, 7) is 5.46. The molecule has 1 aromatic heterocycles. The van der Waals surface area contributed by atoms with Crippen molar-refractivity contribution >= 4 is 49.8 Å². The minimum atomic E-state index is -3.86. The van der Waals surface area contributed by atoms with Crippen LogP contribution in [0.2, 0.25) is 0 Å². The van der Waals surface area contributed by atoms with Gasteiger partial charge in [0.2, 0.25) is 11.0 Å². The highest BCUT2D eigenvalue weighted by Gasteiger charge is 2.22. The number of hydrogen-bond acceptors (Lipinski definition) is 7. The highest BCUT2D eigenvalue weighted by Crippen LogP contribution is 2.29. The fraction of sp³-hybridized carbons (Fsp3) is 0.357. The van der Waals surface area contributed by atoms with E-state index in [0.29, 0.717) is 5.69 Å². The number of carbonyl (C=O) groups excluding carboxylic acids is 1. The Morgan fingerprint density at radius 1 is 1.29 bits per heavy atom. The molecule has 24 heavy (non-hydrogen) atoms. The third-order valence-electron chi connectivity index (χ3n) is 2.82. The summed E-state index contributed by atoms with van der Waals surface area (Å²) in [7, 11) is -3.86. The van der Waals surface area contributed by atoms with Crippen molar-refractivity contribution in [3.63, 3.8) is 0 Å². The first kappa shape index (κ1) is 18.7. The Morgan fingerprint density at radius 3 is 2.67 bits per heavy atom. The molecule has 2 N–H and O–H groups in total. The third kappa shape index (κ3) is 4.68. The van der Waals surface area contributed by atoms with Gasteiger partial charge in [-0.05, 0) is 17.9 Å². The first-order valence-electron chi connectivity index (χ1n) is 7.22. The van der Waals surface area contributed by atoms with E-state index in [1.54, 1.807) is 26.0 Å². The van der Waals surface area contributed by atoms with Crippen LogP contribution in [-0.4, -0.2) is 30.3 Å². The molecule has 0 radical (unpaired) electrons. The summed E-state index contributed by atoms with van der Waals surface area (Å²) in [5.74, 6) is 0.348. The molecule has 0 spiro atoms. The molecule has 2 aromatic rings. The summed E-state index contributed by atoms with van der Waals surface area (Å²) in [4.78, 5) is 12.5. The van der Waals surface area contributed by atoms with Gasteiger partial charge in [0.1, 0.15) is 0 Å². The number of benzene rings is 1. The van der Waals surface area contributed by atoms with Crippen LogP contribution in [0, 0.1) is 5.92 Å². The van der Waals surface area contributed by atoms with Crippen LogP contribution in [-0.2, 0) is 14.8 Å². The molecular weight excluding hydrogens is 368 g/mol. The lowest BCUT2D eigenvalue weighted by Crippen LogP contribution is -2.17. The average molecular weight is 387 g/mol. The first-order valence-corrected chi connectivity index (χ1v) is 10.5. The van der Waals surface area contributed by atoms with E-state index in [-0.39, 0.29) is 21.3 Å². The van der Waals surface area contributed by atoms with E-state index in [1.165, 1.54) is 11.8 Å². The van der Waals surface area contributed by atoms with Crippen molar-refractivity contribution in [2.75, 3.05) is 15.8 Å². The lowest BCUT2D eigenvalue weighted by Gasteiger charge is -2.09. The van der Waals surface area contributed by atoms with E-state index in [2.05, 4.69) is 20.2 Å². The zero-order valence-electron chi connectivity index (χ0n) is 13.4. The van der Waals surface area contributed by atoms with Crippen LogP contribution in [0.4, 0.5) is 10.8 Å².